The number of nitrogens with one attached hydrogen (secondary N) is 1. The Morgan fingerprint density at radius 2 is 1.85 bits per heavy atom. The summed E-state index contributed by atoms with van der Waals surface area (Å²) in [5.74, 6) is 0.508. The highest BCUT2D eigenvalue weighted by molar-refractivity contribution is 6.31. The van der Waals surface area contributed by atoms with E-state index in [0.717, 1.165) is 11.3 Å². The van der Waals surface area contributed by atoms with Crippen LogP contribution in [0.4, 0.5) is 10.1 Å². The van der Waals surface area contributed by atoms with Crippen molar-refractivity contribution in [1.82, 2.24) is 0 Å². The van der Waals surface area contributed by atoms with Crippen molar-refractivity contribution in [2.24, 2.45) is 0 Å². The minimum Gasteiger partial charge on any atom is -0.496 e. The summed E-state index contributed by atoms with van der Waals surface area (Å²) in [5.41, 5.74) is 1.59. The summed E-state index contributed by atoms with van der Waals surface area (Å²) in [6.07, 6.45) is 0. The summed E-state index contributed by atoms with van der Waals surface area (Å²) in [5, 5.41) is 3.78. The van der Waals surface area contributed by atoms with Gasteiger partial charge in [-0.15, -0.1) is 0 Å². The zero-order valence-corrected chi connectivity index (χ0v) is 12.0. The predicted octanol–water partition coefficient (Wildman–Crippen LogP) is 4.11. The predicted molar refractivity (Wildman–Crippen MR) is 78.3 cm³/mol. The SMILES string of the molecule is COc1cc(NCc2c(Cl)cccc2OC)ccc1F. The van der Waals surface area contributed by atoms with Gasteiger partial charge in [0.05, 0.1) is 14.2 Å². The topological polar surface area (TPSA) is 30.5 Å². The van der Waals surface area contributed by atoms with E-state index >= 15 is 0 Å². The van der Waals surface area contributed by atoms with Crippen LogP contribution in [0.3, 0.4) is 0 Å². The molecule has 106 valence electrons. The molecule has 0 saturated heterocycles. The van der Waals surface area contributed by atoms with Crippen molar-refractivity contribution in [1.29, 1.82) is 0 Å². The van der Waals surface area contributed by atoms with Gasteiger partial charge in [-0.2, -0.15) is 0 Å². The molecule has 0 unspecified atom stereocenters. The fourth-order valence-corrected chi connectivity index (χ4v) is 2.09. The van der Waals surface area contributed by atoms with Gasteiger partial charge in [-0.1, -0.05) is 17.7 Å². The van der Waals surface area contributed by atoms with E-state index in [2.05, 4.69) is 5.32 Å². The van der Waals surface area contributed by atoms with Crippen LogP contribution >= 0.6 is 11.6 Å². The molecule has 20 heavy (non-hydrogen) atoms. The highest BCUT2D eigenvalue weighted by atomic mass is 35.5. The average molecular weight is 296 g/mol. The molecule has 0 fully saturated rings. The Kier molecular flexibility index (Phi) is 4.69. The molecular weight excluding hydrogens is 281 g/mol. The maximum Gasteiger partial charge on any atom is 0.165 e. The molecule has 0 aliphatic rings. The molecule has 0 radical (unpaired) electrons. The smallest absolute Gasteiger partial charge is 0.165 e. The van der Waals surface area contributed by atoms with Crippen LogP contribution in [0.15, 0.2) is 36.4 Å². The zero-order chi connectivity index (χ0) is 14.5. The second-order valence-electron chi connectivity index (χ2n) is 4.12. The third-order valence-corrected chi connectivity index (χ3v) is 3.27. The molecule has 2 aromatic rings. The fraction of sp³-hybridized carbons (Fsp3) is 0.200. The monoisotopic (exact) mass is 295 g/mol. The lowest BCUT2D eigenvalue weighted by atomic mass is 10.2. The lowest BCUT2D eigenvalue weighted by molar-refractivity contribution is 0.387. The van der Waals surface area contributed by atoms with Gasteiger partial charge in [0.1, 0.15) is 5.75 Å². The lowest BCUT2D eigenvalue weighted by Crippen LogP contribution is -2.03. The third kappa shape index (κ3) is 3.14. The minimum atomic E-state index is -0.395. The van der Waals surface area contributed by atoms with Crippen LogP contribution in [-0.2, 0) is 6.54 Å². The van der Waals surface area contributed by atoms with Crippen molar-refractivity contribution >= 4 is 17.3 Å². The second-order valence-corrected chi connectivity index (χ2v) is 4.53. The standard InChI is InChI=1S/C15H15ClFNO2/c1-19-14-5-3-4-12(16)11(14)9-18-10-6-7-13(17)15(8-10)20-2/h3-8,18H,9H2,1-2H3. The Bertz CT molecular complexity index is 604. The molecule has 0 spiro atoms. The number of hydrogen-bond donors (Lipinski definition) is 1. The molecule has 0 atom stereocenters. The number of rotatable bonds is 5. The summed E-state index contributed by atoms with van der Waals surface area (Å²) in [6, 6.07) is 10.1. The van der Waals surface area contributed by atoms with E-state index in [1.165, 1.54) is 13.2 Å². The van der Waals surface area contributed by atoms with Crippen LogP contribution in [-0.4, -0.2) is 14.2 Å². The van der Waals surface area contributed by atoms with Crippen LogP contribution in [0.2, 0.25) is 5.02 Å². The van der Waals surface area contributed by atoms with Crippen molar-refractivity contribution in [2.75, 3.05) is 19.5 Å². The Hall–Kier alpha value is -1.94. The highest BCUT2D eigenvalue weighted by Crippen LogP contribution is 2.28. The van der Waals surface area contributed by atoms with Crippen molar-refractivity contribution in [3.05, 3.63) is 52.8 Å². The van der Waals surface area contributed by atoms with Gasteiger partial charge in [0.15, 0.2) is 11.6 Å². The van der Waals surface area contributed by atoms with Gasteiger partial charge in [-0.3, -0.25) is 0 Å². The third-order valence-electron chi connectivity index (χ3n) is 2.92. The number of halogens is 2. The van der Waals surface area contributed by atoms with Crippen LogP contribution in [0, 0.1) is 5.82 Å². The Balaban J connectivity index is 2.17. The van der Waals surface area contributed by atoms with Gasteiger partial charge >= 0.3 is 0 Å². The molecule has 3 nitrogen and oxygen atoms in total. The average Bonchev–Trinajstić information content (AvgIpc) is 2.47. The van der Waals surface area contributed by atoms with E-state index in [4.69, 9.17) is 21.1 Å². The molecule has 2 rings (SSSR count). The van der Waals surface area contributed by atoms with Crippen molar-refractivity contribution in [3.8, 4) is 11.5 Å². The zero-order valence-electron chi connectivity index (χ0n) is 11.2. The number of methoxy groups -OCH3 is 2. The molecule has 0 aliphatic carbocycles. The number of ether oxygens (including phenoxy) is 2. The van der Waals surface area contributed by atoms with Gasteiger partial charge in [0, 0.05) is 28.9 Å². The van der Waals surface area contributed by atoms with Crippen LogP contribution in [0.1, 0.15) is 5.56 Å². The first-order chi connectivity index (χ1) is 9.65. The largest absolute Gasteiger partial charge is 0.496 e. The number of benzene rings is 2. The molecule has 0 aromatic heterocycles. The van der Waals surface area contributed by atoms with E-state index in [0.29, 0.717) is 17.3 Å². The van der Waals surface area contributed by atoms with E-state index in [9.17, 15) is 4.39 Å². The molecule has 0 amide bonds. The van der Waals surface area contributed by atoms with Gasteiger partial charge in [-0.25, -0.2) is 4.39 Å². The van der Waals surface area contributed by atoms with Crippen LogP contribution in [0.25, 0.3) is 0 Å². The van der Waals surface area contributed by atoms with Gasteiger partial charge in [0.25, 0.3) is 0 Å². The maximum atomic E-state index is 13.3. The summed E-state index contributed by atoms with van der Waals surface area (Å²) in [7, 11) is 3.02. The molecule has 0 heterocycles. The van der Waals surface area contributed by atoms with Crippen LogP contribution < -0.4 is 14.8 Å². The van der Waals surface area contributed by atoms with Crippen LogP contribution in [0.5, 0.6) is 11.5 Å². The lowest BCUT2D eigenvalue weighted by Gasteiger charge is -2.13. The number of hydrogen-bond acceptors (Lipinski definition) is 3. The molecule has 2 aromatic carbocycles. The summed E-state index contributed by atoms with van der Waals surface area (Å²) >= 11 is 6.15. The molecule has 1 N–H and O–H groups in total. The van der Waals surface area contributed by atoms with Gasteiger partial charge in [0.2, 0.25) is 0 Å². The normalized spacial score (nSPS) is 10.2. The van der Waals surface area contributed by atoms with Crippen molar-refractivity contribution < 1.29 is 13.9 Å². The van der Waals surface area contributed by atoms with E-state index < -0.39 is 5.82 Å². The number of anilines is 1. The first-order valence-electron chi connectivity index (χ1n) is 6.04. The fourth-order valence-electron chi connectivity index (χ4n) is 1.86. The van der Waals surface area contributed by atoms with E-state index in [-0.39, 0.29) is 5.75 Å². The molecule has 0 bridgehead atoms. The first kappa shape index (κ1) is 14.5. The minimum absolute atomic E-state index is 0.195. The Morgan fingerprint density at radius 1 is 1.10 bits per heavy atom. The van der Waals surface area contributed by atoms with Crippen molar-refractivity contribution in [2.45, 2.75) is 6.54 Å². The molecular formula is C15H15ClFNO2. The molecule has 0 aliphatic heterocycles. The van der Waals surface area contributed by atoms with Crippen molar-refractivity contribution in [3.63, 3.8) is 0 Å². The van der Waals surface area contributed by atoms with E-state index in [1.54, 1.807) is 25.3 Å². The first-order valence-corrected chi connectivity index (χ1v) is 6.42. The Morgan fingerprint density at radius 3 is 2.55 bits per heavy atom. The molecule has 0 saturated carbocycles. The summed E-state index contributed by atoms with van der Waals surface area (Å²) in [6.45, 7) is 0.470. The quantitative estimate of drug-likeness (QED) is 0.900. The second kappa shape index (κ2) is 6.48. The Labute approximate surface area is 122 Å². The van der Waals surface area contributed by atoms with E-state index in [1.807, 2.05) is 12.1 Å². The highest BCUT2D eigenvalue weighted by Gasteiger charge is 2.08. The van der Waals surface area contributed by atoms with Gasteiger partial charge < -0.3 is 14.8 Å². The molecule has 5 heteroatoms. The summed E-state index contributed by atoms with van der Waals surface area (Å²) < 4.78 is 23.5. The maximum absolute atomic E-state index is 13.3. The van der Waals surface area contributed by atoms with Gasteiger partial charge in [-0.05, 0) is 24.3 Å². The summed E-state index contributed by atoms with van der Waals surface area (Å²) in [4.78, 5) is 0.